The number of hydrogen-bond acceptors (Lipinski definition) is 5. The van der Waals surface area contributed by atoms with Crippen LogP contribution in [0.2, 0.25) is 0 Å². The molecule has 0 saturated heterocycles. The van der Waals surface area contributed by atoms with Gasteiger partial charge in [-0.15, -0.1) is 11.3 Å². The zero-order chi connectivity index (χ0) is 16.8. The molecule has 2 rings (SSSR count). The zero-order valence-electron chi connectivity index (χ0n) is 12.3. The Morgan fingerprint density at radius 3 is 2.57 bits per heavy atom. The molecule has 1 N–H and O–H groups in total. The summed E-state index contributed by atoms with van der Waals surface area (Å²) in [6, 6.07) is 11.1. The number of non-ortho nitro benzene ring substituents is 1. The third-order valence-corrected chi connectivity index (χ3v) is 4.20. The summed E-state index contributed by atoms with van der Waals surface area (Å²) in [5.41, 5.74) is 0.305. The van der Waals surface area contributed by atoms with Crippen molar-refractivity contribution in [3.05, 3.63) is 61.8 Å². The first-order valence-electron chi connectivity index (χ1n) is 6.79. The predicted octanol–water partition coefficient (Wildman–Crippen LogP) is 3.76. The number of nitro benzene ring substituents is 1. The lowest BCUT2D eigenvalue weighted by Gasteiger charge is -2.03. The molecule has 0 aliphatic rings. The molecular weight excluding hydrogens is 314 g/mol. The molecule has 0 unspecified atom stereocenters. The van der Waals surface area contributed by atoms with Gasteiger partial charge in [0.2, 0.25) is 0 Å². The van der Waals surface area contributed by atoms with E-state index in [4.69, 9.17) is 5.26 Å². The molecule has 1 heterocycles. The third-order valence-electron chi connectivity index (χ3n) is 3.02. The molecule has 0 aliphatic heterocycles. The maximum Gasteiger partial charge on any atom is 0.269 e. The lowest BCUT2D eigenvalue weighted by Crippen LogP contribution is -2.13. The highest BCUT2D eigenvalue weighted by molar-refractivity contribution is 7.12. The van der Waals surface area contributed by atoms with Gasteiger partial charge in [0, 0.05) is 27.6 Å². The summed E-state index contributed by atoms with van der Waals surface area (Å²) < 4.78 is 0. The van der Waals surface area contributed by atoms with E-state index in [1.165, 1.54) is 46.6 Å². The highest BCUT2D eigenvalue weighted by Gasteiger charge is 2.11. The highest BCUT2D eigenvalue weighted by atomic mass is 32.1. The van der Waals surface area contributed by atoms with Crippen LogP contribution in [-0.4, -0.2) is 10.8 Å². The fourth-order valence-corrected chi connectivity index (χ4v) is 2.71. The summed E-state index contributed by atoms with van der Waals surface area (Å²) in [7, 11) is 0. The summed E-state index contributed by atoms with van der Waals surface area (Å²) in [6.45, 7) is 2.03. The number of thiophene rings is 1. The number of anilines is 1. The summed E-state index contributed by atoms with van der Waals surface area (Å²) in [5, 5.41) is 22.3. The number of nitrogens with one attached hydrogen (secondary N) is 1. The van der Waals surface area contributed by atoms with Gasteiger partial charge in [-0.3, -0.25) is 14.9 Å². The van der Waals surface area contributed by atoms with E-state index in [9.17, 15) is 14.9 Å². The van der Waals surface area contributed by atoms with Crippen molar-refractivity contribution in [3.63, 3.8) is 0 Å². The summed E-state index contributed by atoms with van der Waals surface area (Å²) in [6.07, 6.45) is 2.43. The molecule has 7 heteroatoms. The monoisotopic (exact) mass is 327 g/mol. The van der Waals surface area contributed by atoms with Crippen molar-refractivity contribution < 1.29 is 9.72 Å². The standard InChI is InChI=1S/C16H13N3O3S/c1-2-14-7-8-15(23-14)9-11(10-17)16(20)18-12-3-5-13(6-4-12)19(21)22/h3-9H,2H2,1H3,(H,18,20)/b11-9+. The first-order valence-corrected chi connectivity index (χ1v) is 7.61. The number of benzene rings is 1. The molecule has 1 aromatic heterocycles. The Morgan fingerprint density at radius 1 is 1.35 bits per heavy atom. The molecular formula is C16H13N3O3S. The normalized spacial score (nSPS) is 10.9. The molecule has 0 bridgehead atoms. The van der Waals surface area contributed by atoms with Crippen LogP contribution in [0.3, 0.4) is 0 Å². The quantitative estimate of drug-likeness (QED) is 0.391. The Labute approximate surface area is 136 Å². The van der Waals surface area contributed by atoms with Crippen LogP contribution in [0.15, 0.2) is 42.0 Å². The fourth-order valence-electron chi connectivity index (χ4n) is 1.82. The molecule has 0 saturated carbocycles. The number of nitriles is 1. The van der Waals surface area contributed by atoms with Crippen molar-refractivity contribution in [2.75, 3.05) is 5.32 Å². The largest absolute Gasteiger partial charge is 0.321 e. The minimum atomic E-state index is -0.548. The zero-order valence-corrected chi connectivity index (χ0v) is 13.1. The number of hydrogen-bond donors (Lipinski definition) is 1. The average Bonchev–Trinajstić information content (AvgIpc) is 3.00. The molecule has 6 nitrogen and oxygen atoms in total. The molecule has 116 valence electrons. The number of aryl methyl sites for hydroxylation is 1. The first kappa shape index (κ1) is 16.4. The minimum Gasteiger partial charge on any atom is -0.321 e. The summed E-state index contributed by atoms with van der Waals surface area (Å²) >= 11 is 1.52. The first-order chi connectivity index (χ1) is 11.0. The topological polar surface area (TPSA) is 96.0 Å². The molecule has 0 spiro atoms. The van der Waals surface area contributed by atoms with Crippen LogP contribution in [0.5, 0.6) is 0 Å². The van der Waals surface area contributed by atoms with Gasteiger partial charge in [-0.05, 0) is 36.8 Å². The number of amides is 1. The summed E-state index contributed by atoms with van der Waals surface area (Å²) in [5.74, 6) is -0.548. The number of carbonyl (C=O) groups excluding carboxylic acids is 1. The van der Waals surface area contributed by atoms with Crippen molar-refractivity contribution in [1.82, 2.24) is 0 Å². The highest BCUT2D eigenvalue weighted by Crippen LogP contribution is 2.21. The number of nitro groups is 1. The van der Waals surface area contributed by atoms with Crippen molar-refractivity contribution in [2.45, 2.75) is 13.3 Å². The average molecular weight is 327 g/mol. The number of rotatable bonds is 5. The van der Waals surface area contributed by atoms with E-state index in [0.29, 0.717) is 5.69 Å². The van der Waals surface area contributed by atoms with Gasteiger partial charge in [-0.1, -0.05) is 6.92 Å². The second kappa shape index (κ2) is 7.33. The van der Waals surface area contributed by atoms with E-state index in [1.807, 2.05) is 25.1 Å². The van der Waals surface area contributed by atoms with E-state index in [1.54, 1.807) is 0 Å². The SMILES string of the molecule is CCc1ccc(/C=C(\C#N)C(=O)Nc2ccc([N+](=O)[O-])cc2)s1. The molecule has 1 amide bonds. The van der Waals surface area contributed by atoms with Crippen LogP contribution in [0, 0.1) is 21.4 Å². The molecule has 0 fully saturated rings. The Morgan fingerprint density at radius 2 is 2.04 bits per heavy atom. The van der Waals surface area contributed by atoms with Crippen molar-refractivity contribution in [3.8, 4) is 6.07 Å². The molecule has 1 aromatic carbocycles. The van der Waals surface area contributed by atoms with Gasteiger partial charge in [0.15, 0.2) is 0 Å². The maximum atomic E-state index is 12.1. The van der Waals surface area contributed by atoms with E-state index in [2.05, 4.69) is 5.32 Å². The second-order valence-corrected chi connectivity index (χ2v) is 5.79. The van der Waals surface area contributed by atoms with Crippen LogP contribution in [0.25, 0.3) is 6.08 Å². The molecule has 0 aliphatic carbocycles. The maximum absolute atomic E-state index is 12.1. The minimum absolute atomic E-state index is 0.0205. The van der Waals surface area contributed by atoms with Crippen molar-refractivity contribution in [1.29, 1.82) is 5.26 Å². The van der Waals surface area contributed by atoms with E-state index in [-0.39, 0.29) is 11.3 Å². The number of nitrogens with zero attached hydrogens (tertiary/aromatic N) is 2. The molecule has 23 heavy (non-hydrogen) atoms. The Kier molecular flexibility index (Phi) is 5.23. The van der Waals surface area contributed by atoms with Crippen LogP contribution < -0.4 is 5.32 Å². The smallest absolute Gasteiger partial charge is 0.269 e. The Hall–Kier alpha value is -2.98. The lowest BCUT2D eigenvalue weighted by molar-refractivity contribution is -0.384. The van der Waals surface area contributed by atoms with E-state index in [0.717, 1.165) is 11.3 Å². The molecule has 0 atom stereocenters. The van der Waals surface area contributed by atoms with E-state index >= 15 is 0 Å². The van der Waals surface area contributed by atoms with Gasteiger partial charge in [0.05, 0.1) is 4.92 Å². The van der Waals surface area contributed by atoms with Gasteiger partial charge >= 0.3 is 0 Å². The number of carbonyl (C=O) groups is 1. The van der Waals surface area contributed by atoms with Crippen LogP contribution in [0.4, 0.5) is 11.4 Å². The van der Waals surface area contributed by atoms with Gasteiger partial charge in [0.25, 0.3) is 11.6 Å². The van der Waals surface area contributed by atoms with Crippen LogP contribution in [0.1, 0.15) is 16.7 Å². The lowest BCUT2D eigenvalue weighted by atomic mass is 10.2. The molecule has 0 radical (unpaired) electrons. The molecule has 2 aromatic rings. The fraction of sp³-hybridized carbons (Fsp3) is 0.125. The second-order valence-electron chi connectivity index (χ2n) is 4.59. The van der Waals surface area contributed by atoms with Crippen molar-refractivity contribution >= 4 is 34.7 Å². The Balaban J connectivity index is 2.13. The third kappa shape index (κ3) is 4.25. The summed E-state index contributed by atoms with van der Waals surface area (Å²) in [4.78, 5) is 24.2. The van der Waals surface area contributed by atoms with Gasteiger partial charge in [0.1, 0.15) is 11.6 Å². The van der Waals surface area contributed by atoms with Gasteiger partial charge in [-0.2, -0.15) is 5.26 Å². The van der Waals surface area contributed by atoms with Gasteiger partial charge < -0.3 is 5.32 Å². The predicted molar refractivity (Wildman–Crippen MR) is 89.0 cm³/mol. The van der Waals surface area contributed by atoms with Gasteiger partial charge in [-0.25, -0.2) is 0 Å². The van der Waals surface area contributed by atoms with Crippen molar-refractivity contribution in [2.24, 2.45) is 0 Å². The Bertz CT molecular complexity index is 801. The van der Waals surface area contributed by atoms with Crippen LogP contribution >= 0.6 is 11.3 Å². The van der Waals surface area contributed by atoms with Crippen LogP contribution in [-0.2, 0) is 11.2 Å². The van der Waals surface area contributed by atoms with E-state index < -0.39 is 10.8 Å².